The van der Waals surface area contributed by atoms with E-state index in [2.05, 4.69) is 5.32 Å². The van der Waals surface area contributed by atoms with Crippen molar-refractivity contribution >= 4 is 0 Å². The monoisotopic (exact) mass is 152 g/mol. The molecule has 2 heteroatoms. The van der Waals surface area contributed by atoms with E-state index >= 15 is 0 Å². The average molecular weight is 152 g/mol. The summed E-state index contributed by atoms with van der Waals surface area (Å²) in [6.07, 6.45) is 1.01. The number of rotatable bonds is 3. The highest BCUT2D eigenvalue weighted by atomic mass is 16.3. The van der Waals surface area contributed by atoms with Crippen LogP contribution in [0.25, 0.3) is 0 Å². The minimum Gasteiger partial charge on any atom is -0.508 e. The van der Waals surface area contributed by atoms with Gasteiger partial charge in [0.2, 0.25) is 0 Å². The molecule has 0 aromatic heterocycles. The van der Waals surface area contributed by atoms with Crippen LogP contribution in [0, 0.1) is 0 Å². The topological polar surface area (TPSA) is 32.3 Å². The largest absolute Gasteiger partial charge is 0.508 e. The summed E-state index contributed by atoms with van der Waals surface area (Å²) in [5.74, 6) is 0.332. The Hall–Kier alpha value is -1.02. The van der Waals surface area contributed by atoms with Gasteiger partial charge in [-0.15, -0.1) is 0 Å². The van der Waals surface area contributed by atoms with Gasteiger partial charge in [-0.05, 0) is 37.7 Å². The van der Waals surface area contributed by atoms with E-state index < -0.39 is 0 Å². The molecule has 1 aromatic carbocycles. The average Bonchev–Trinajstić information content (AvgIpc) is 2.04. The Morgan fingerprint density at radius 3 is 2.55 bits per heavy atom. The molecule has 1 aromatic rings. The molecular weight excluding hydrogens is 138 g/mol. The third-order valence-electron chi connectivity index (χ3n) is 1.60. The Labute approximate surface area is 68.4 Å². The quantitative estimate of drug-likeness (QED) is 0.683. The van der Waals surface area contributed by atoms with Gasteiger partial charge in [-0.25, -0.2) is 0 Å². The Bertz CT molecular complexity index is 210. The van der Waals surface area contributed by atoms with E-state index in [4.69, 9.17) is 5.11 Å². The van der Waals surface area contributed by atoms with Gasteiger partial charge in [0.15, 0.2) is 0 Å². The van der Waals surface area contributed by atoms with Crippen molar-refractivity contribution in [3.05, 3.63) is 29.8 Å². The van der Waals surface area contributed by atoms with Crippen LogP contribution >= 0.6 is 0 Å². The first-order chi connectivity index (χ1) is 5.33. The molecule has 0 spiro atoms. The summed E-state index contributed by atoms with van der Waals surface area (Å²) in [7, 11) is 1.93. The molecule has 61 valence electrons. The van der Waals surface area contributed by atoms with Gasteiger partial charge < -0.3 is 10.4 Å². The minimum atomic E-state index is 0. The lowest BCUT2D eigenvalue weighted by Crippen LogP contribution is -2.09. The van der Waals surface area contributed by atoms with Crippen molar-refractivity contribution in [2.24, 2.45) is 0 Å². The van der Waals surface area contributed by atoms with Crippen molar-refractivity contribution in [2.45, 2.75) is 6.42 Å². The van der Waals surface area contributed by atoms with Crippen molar-refractivity contribution in [1.29, 1.82) is 0 Å². The Balaban J connectivity index is 0.00000121. The van der Waals surface area contributed by atoms with Crippen LogP contribution in [0.3, 0.4) is 0 Å². The van der Waals surface area contributed by atoms with Crippen LogP contribution in [0.5, 0.6) is 5.75 Å². The molecule has 2 nitrogen and oxygen atoms in total. The van der Waals surface area contributed by atoms with Gasteiger partial charge in [-0.3, -0.25) is 0 Å². The number of aromatic hydroxyl groups is 1. The molecule has 0 atom stereocenters. The van der Waals surface area contributed by atoms with Gasteiger partial charge in [0.1, 0.15) is 5.75 Å². The van der Waals surface area contributed by atoms with Crippen LogP contribution in [0.2, 0.25) is 0 Å². The van der Waals surface area contributed by atoms with E-state index in [-0.39, 0.29) is 1.43 Å². The van der Waals surface area contributed by atoms with E-state index in [9.17, 15) is 0 Å². The summed E-state index contributed by atoms with van der Waals surface area (Å²) in [5.41, 5.74) is 1.25. The first kappa shape index (κ1) is 8.08. The molecule has 0 saturated carbocycles. The zero-order valence-corrected chi connectivity index (χ0v) is 6.67. The van der Waals surface area contributed by atoms with Crippen molar-refractivity contribution in [3.8, 4) is 5.75 Å². The highest BCUT2D eigenvalue weighted by molar-refractivity contribution is 5.25. The van der Waals surface area contributed by atoms with Gasteiger partial charge in [0, 0.05) is 1.43 Å². The summed E-state index contributed by atoms with van der Waals surface area (Å²) in [5, 5.41) is 12.0. The van der Waals surface area contributed by atoms with Crippen molar-refractivity contribution < 1.29 is 6.53 Å². The molecule has 0 amide bonds. The zero-order chi connectivity index (χ0) is 8.10. The summed E-state index contributed by atoms with van der Waals surface area (Å²) >= 11 is 0. The molecule has 1 rings (SSSR count). The van der Waals surface area contributed by atoms with Crippen LogP contribution < -0.4 is 5.32 Å². The number of nitrogens with one attached hydrogen (secondary N) is 1. The predicted molar refractivity (Wildman–Crippen MR) is 46.8 cm³/mol. The Morgan fingerprint density at radius 1 is 1.36 bits per heavy atom. The molecule has 11 heavy (non-hydrogen) atoms. The molecule has 0 fully saturated rings. The lowest BCUT2D eigenvalue weighted by atomic mass is 10.1. The molecule has 2 N–H and O–H groups in total. The van der Waals surface area contributed by atoms with Crippen molar-refractivity contribution in [3.63, 3.8) is 0 Å². The number of likely N-dealkylation sites (N-methyl/N-ethyl adjacent to an activating group) is 1. The van der Waals surface area contributed by atoms with Crippen LogP contribution in [0.4, 0.5) is 0 Å². The van der Waals surface area contributed by atoms with Crippen LogP contribution in [0.1, 0.15) is 6.99 Å². The van der Waals surface area contributed by atoms with Gasteiger partial charge in [-0.2, -0.15) is 0 Å². The van der Waals surface area contributed by atoms with Gasteiger partial charge in [0.05, 0.1) is 0 Å². The maximum Gasteiger partial charge on any atom is 0.115 e. The van der Waals surface area contributed by atoms with Gasteiger partial charge in [0.25, 0.3) is 0 Å². The summed E-state index contributed by atoms with van der Waals surface area (Å²) in [4.78, 5) is 0. The second-order valence-electron chi connectivity index (χ2n) is 2.52. The molecule has 0 aliphatic heterocycles. The Morgan fingerprint density at radius 2 is 2.00 bits per heavy atom. The smallest absolute Gasteiger partial charge is 0.115 e. The van der Waals surface area contributed by atoms with Gasteiger partial charge >= 0.3 is 0 Å². The van der Waals surface area contributed by atoms with Crippen molar-refractivity contribution in [1.82, 2.24) is 5.32 Å². The van der Waals surface area contributed by atoms with Crippen LogP contribution in [-0.2, 0) is 6.42 Å². The number of hydrogen-bond acceptors (Lipinski definition) is 2. The SMILES string of the molecule is CNCCc1ccc(O)cc1.[H]. The lowest BCUT2D eigenvalue weighted by Gasteiger charge is -1.99. The fourth-order valence-electron chi connectivity index (χ4n) is 0.932. The fraction of sp³-hybridized carbons (Fsp3) is 0.333. The normalized spacial score (nSPS) is 9.91. The zero-order valence-electron chi connectivity index (χ0n) is 7.67. The Kier molecular flexibility index (Phi) is 2.93. The highest BCUT2D eigenvalue weighted by Gasteiger charge is 1.90. The molecule has 0 bridgehead atoms. The summed E-state index contributed by atoms with van der Waals surface area (Å²) in [6.45, 7) is 0.977. The summed E-state index contributed by atoms with van der Waals surface area (Å²) in [6, 6.07) is 7.30. The molecule has 1 radical (unpaired) electrons. The third-order valence-corrected chi connectivity index (χ3v) is 1.60. The second-order valence-corrected chi connectivity index (χ2v) is 2.52. The van der Waals surface area contributed by atoms with Crippen LogP contribution in [0.15, 0.2) is 24.3 Å². The van der Waals surface area contributed by atoms with E-state index in [1.54, 1.807) is 12.1 Å². The standard InChI is InChI=1S/C9H13NO.H/c1-10-7-6-8-2-4-9(11)5-3-8;/h2-5,10-11H,6-7H2,1H3;. The number of benzene rings is 1. The molecule has 0 heterocycles. The van der Waals surface area contributed by atoms with E-state index in [1.807, 2.05) is 19.2 Å². The number of phenolic OH excluding ortho intramolecular Hbond substituents is 1. The molecule has 0 saturated heterocycles. The lowest BCUT2D eigenvalue weighted by molar-refractivity contribution is 0.475. The molecular formula is C9H14NO. The number of hydrogen-bond donors (Lipinski definition) is 2. The maximum atomic E-state index is 8.97. The number of phenols is 1. The fourth-order valence-corrected chi connectivity index (χ4v) is 0.932. The van der Waals surface area contributed by atoms with E-state index in [0.717, 1.165) is 13.0 Å². The highest BCUT2D eigenvalue weighted by Crippen LogP contribution is 2.09. The molecule has 0 aliphatic rings. The van der Waals surface area contributed by atoms with Crippen LogP contribution in [-0.4, -0.2) is 18.7 Å². The van der Waals surface area contributed by atoms with Gasteiger partial charge in [-0.1, -0.05) is 12.1 Å². The first-order valence-electron chi connectivity index (χ1n) is 3.75. The first-order valence-corrected chi connectivity index (χ1v) is 3.75. The van der Waals surface area contributed by atoms with Crippen molar-refractivity contribution in [2.75, 3.05) is 13.6 Å². The molecule has 0 aliphatic carbocycles. The molecule has 0 unspecified atom stereocenters. The predicted octanol–water partition coefficient (Wildman–Crippen LogP) is 1.27. The minimum absolute atomic E-state index is 0. The summed E-state index contributed by atoms with van der Waals surface area (Å²) < 4.78 is 0. The van der Waals surface area contributed by atoms with E-state index in [1.165, 1.54) is 5.56 Å². The second kappa shape index (κ2) is 3.98. The third kappa shape index (κ3) is 2.60. The van der Waals surface area contributed by atoms with E-state index in [0.29, 0.717) is 5.75 Å². The maximum absolute atomic E-state index is 8.97.